The van der Waals surface area contributed by atoms with Crippen LogP contribution < -0.4 is 4.90 Å². The maximum absolute atomic E-state index is 13.2. The quantitative estimate of drug-likeness (QED) is 0.500. The molecule has 2 aliphatic heterocycles. The zero-order valence-corrected chi connectivity index (χ0v) is 19.5. The van der Waals surface area contributed by atoms with Crippen molar-refractivity contribution < 1.29 is 14.4 Å². The lowest BCUT2D eigenvalue weighted by atomic mass is 10.1. The summed E-state index contributed by atoms with van der Waals surface area (Å²) < 4.78 is 1.09. The second-order valence-corrected chi connectivity index (χ2v) is 9.06. The number of hydrogen-bond acceptors (Lipinski definition) is 4. The van der Waals surface area contributed by atoms with E-state index in [0.29, 0.717) is 35.5 Å². The van der Waals surface area contributed by atoms with Crippen LogP contribution in [0.15, 0.2) is 77.3 Å². The monoisotopic (exact) mass is 503 g/mol. The molecular formula is C26H22BrN3O3. The maximum Gasteiger partial charge on any atom is 0.266 e. The Morgan fingerprint density at radius 1 is 0.788 bits per heavy atom. The van der Waals surface area contributed by atoms with Crippen LogP contribution in [0.25, 0.3) is 0 Å². The highest BCUT2D eigenvalue weighted by molar-refractivity contribution is 9.10. The number of piperazine rings is 1. The lowest BCUT2D eigenvalue weighted by Gasteiger charge is -2.35. The summed E-state index contributed by atoms with van der Waals surface area (Å²) in [6.07, 6.45) is 0. The Morgan fingerprint density at radius 2 is 1.42 bits per heavy atom. The summed E-state index contributed by atoms with van der Waals surface area (Å²) in [4.78, 5) is 44.1. The molecule has 0 aliphatic carbocycles. The molecule has 1 fully saturated rings. The lowest BCUT2D eigenvalue weighted by Crippen LogP contribution is -2.48. The van der Waals surface area contributed by atoms with E-state index in [9.17, 15) is 14.4 Å². The summed E-state index contributed by atoms with van der Waals surface area (Å²) in [6.45, 7) is 3.65. The Kier molecular flexibility index (Phi) is 5.83. The average molecular weight is 504 g/mol. The number of hydrogen-bond donors (Lipinski definition) is 0. The van der Waals surface area contributed by atoms with E-state index in [4.69, 9.17) is 0 Å². The van der Waals surface area contributed by atoms with Gasteiger partial charge in [0, 0.05) is 42.8 Å². The molecule has 0 aromatic heterocycles. The summed E-state index contributed by atoms with van der Waals surface area (Å²) in [7, 11) is 0. The number of rotatable bonds is 4. The fraction of sp³-hybridized carbons (Fsp3) is 0.192. The molecule has 33 heavy (non-hydrogen) atoms. The number of anilines is 1. The van der Waals surface area contributed by atoms with Crippen LogP contribution in [0, 0.1) is 0 Å². The lowest BCUT2D eigenvalue weighted by molar-refractivity contribution is 0.0627. The van der Waals surface area contributed by atoms with Gasteiger partial charge in [-0.15, -0.1) is 0 Å². The standard InChI is InChI=1S/C26H22BrN3O3/c27-23-11-4-1-6-19(23)17-28-12-14-29(15-13-28)24(31)18-7-5-8-20(16-18)30-25(32)21-9-2-3-10-22(21)26(30)33/h1-11,16H,12-15,17H2. The molecule has 3 amide bonds. The molecule has 0 radical (unpaired) electrons. The van der Waals surface area contributed by atoms with Crippen molar-refractivity contribution >= 4 is 39.3 Å². The number of benzene rings is 3. The maximum atomic E-state index is 13.2. The largest absolute Gasteiger partial charge is 0.336 e. The summed E-state index contributed by atoms with van der Waals surface area (Å²) >= 11 is 3.60. The Bertz CT molecular complexity index is 1220. The zero-order valence-electron chi connectivity index (χ0n) is 17.9. The van der Waals surface area contributed by atoms with Gasteiger partial charge in [-0.2, -0.15) is 0 Å². The number of carbonyl (C=O) groups is 3. The molecule has 2 aliphatic rings. The van der Waals surface area contributed by atoms with Gasteiger partial charge in [0.15, 0.2) is 0 Å². The van der Waals surface area contributed by atoms with Crippen molar-refractivity contribution in [1.82, 2.24) is 9.80 Å². The molecule has 3 aromatic carbocycles. The van der Waals surface area contributed by atoms with Crippen LogP contribution in [0.1, 0.15) is 36.6 Å². The fourth-order valence-corrected chi connectivity index (χ4v) is 4.77. The van der Waals surface area contributed by atoms with E-state index in [1.54, 1.807) is 48.5 Å². The number of carbonyl (C=O) groups excluding carboxylic acids is 3. The Morgan fingerprint density at radius 3 is 2.09 bits per heavy atom. The van der Waals surface area contributed by atoms with Crippen molar-refractivity contribution in [2.75, 3.05) is 31.1 Å². The van der Waals surface area contributed by atoms with Crippen molar-refractivity contribution in [3.8, 4) is 0 Å². The summed E-state index contributed by atoms with van der Waals surface area (Å²) in [5.74, 6) is -0.809. The SMILES string of the molecule is O=C(c1cccc(N2C(=O)c3ccccc3C2=O)c1)N1CCN(Cc2ccccc2Br)CC1. The fourth-order valence-electron chi connectivity index (χ4n) is 4.36. The highest BCUT2D eigenvalue weighted by atomic mass is 79.9. The van der Waals surface area contributed by atoms with Crippen molar-refractivity contribution in [1.29, 1.82) is 0 Å². The predicted octanol–water partition coefficient (Wildman–Crippen LogP) is 4.21. The van der Waals surface area contributed by atoms with Gasteiger partial charge in [0.1, 0.15) is 0 Å². The minimum atomic E-state index is -0.360. The van der Waals surface area contributed by atoms with Crippen LogP contribution in [0.5, 0.6) is 0 Å². The van der Waals surface area contributed by atoms with Gasteiger partial charge >= 0.3 is 0 Å². The molecule has 2 heterocycles. The van der Waals surface area contributed by atoms with E-state index >= 15 is 0 Å². The number of imide groups is 1. The molecular weight excluding hydrogens is 482 g/mol. The van der Waals surface area contributed by atoms with Gasteiger partial charge in [0.2, 0.25) is 0 Å². The van der Waals surface area contributed by atoms with E-state index in [-0.39, 0.29) is 17.7 Å². The van der Waals surface area contributed by atoms with E-state index in [0.717, 1.165) is 29.0 Å². The minimum Gasteiger partial charge on any atom is -0.336 e. The van der Waals surface area contributed by atoms with Crippen LogP contribution in [-0.4, -0.2) is 53.7 Å². The molecule has 6 nitrogen and oxygen atoms in total. The molecule has 166 valence electrons. The number of fused-ring (bicyclic) bond motifs is 1. The summed E-state index contributed by atoms with van der Waals surface area (Å²) in [5.41, 5.74) is 2.90. The smallest absolute Gasteiger partial charge is 0.266 e. The predicted molar refractivity (Wildman–Crippen MR) is 129 cm³/mol. The molecule has 5 rings (SSSR count). The van der Waals surface area contributed by atoms with Crippen LogP contribution >= 0.6 is 15.9 Å². The third-order valence-electron chi connectivity index (χ3n) is 6.16. The van der Waals surface area contributed by atoms with Gasteiger partial charge in [-0.25, -0.2) is 4.90 Å². The average Bonchev–Trinajstić information content (AvgIpc) is 3.11. The van der Waals surface area contributed by atoms with Gasteiger partial charge in [0.05, 0.1) is 16.8 Å². The first-order chi connectivity index (χ1) is 16.0. The first-order valence-electron chi connectivity index (χ1n) is 10.9. The van der Waals surface area contributed by atoms with Crippen LogP contribution in [0.3, 0.4) is 0 Å². The van der Waals surface area contributed by atoms with Crippen molar-refractivity contribution in [2.45, 2.75) is 6.54 Å². The number of amides is 3. The highest BCUT2D eigenvalue weighted by Crippen LogP contribution is 2.29. The first-order valence-corrected chi connectivity index (χ1v) is 11.6. The molecule has 0 saturated carbocycles. The van der Waals surface area contributed by atoms with E-state index in [2.05, 4.69) is 26.9 Å². The van der Waals surface area contributed by atoms with Gasteiger partial charge in [-0.1, -0.05) is 52.3 Å². The minimum absolute atomic E-state index is 0.0889. The summed E-state index contributed by atoms with van der Waals surface area (Å²) in [5, 5.41) is 0. The summed E-state index contributed by atoms with van der Waals surface area (Å²) in [6, 6.07) is 21.7. The molecule has 3 aromatic rings. The van der Waals surface area contributed by atoms with Crippen LogP contribution in [-0.2, 0) is 6.54 Å². The van der Waals surface area contributed by atoms with E-state index in [1.807, 2.05) is 23.1 Å². The normalized spacial score (nSPS) is 16.3. The van der Waals surface area contributed by atoms with Crippen LogP contribution in [0.4, 0.5) is 5.69 Å². The third kappa shape index (κ3) is 4.10. The van der Waals surface area contributed by atoms with Crippen molar-refractivity contribution in [3.63, 3.8) is 0 Å². The number of nitrogens with zero attached hydrogens (tertiary/aromatic N) is 3. The Labute approximate surface area is 200 Å². The van der Waals surface area contributed by atoms with Gasteiger partial charge in [0.25, 0.3) is 17.7 Å². The molecule has 0 atom stereocenters. The van der Waals surface area contributed by atoms with Gasteiger partial charge < -0.3 is 4.90 Å². The van der Waals surface area contributed by atoms with Gasteiger partial charge in [-0.05, 0) is 42.0 Å². The first kappa shape index (κ1) is 21.6. The molecule has 7 heteroatoms. The molecule has 0 unspecified atom stereocenters. The molecule has 1 saturated heterocycles. The van der Waals surface area contributed by atoms with E-state index in [1.165, 1.54) is 5.56 Å². The van der Waals surface area contributed by atoms with Crippen molar-refractivity contribution in [2.24, 2.45) is 0 Å². The number of halogens is 1. The third-order valence-corrected chi connectivity index (χ3v) is 6.93. The molecule has 0 spiro atoms. The zero-order chi connectivity index (χ0) is 22.9. The topological polar surface area (TPSA) is 60.9 Å². The van der Waals surface area contributed by atoms with E-state index < -0.39 is 0 Å². The Hall–Kier alpha value is -3.29. The van der Waals surface area contributed by atoms with Crippen LogP contribution in [0.2, 0.25) is 0 Å². The Balaban J connectivity index is 1.27. The second kappa shape index (κ2) is 8.92. The highest BCUT2D eigenvalue weighted by Gasteiger charge is 2.36. The van der Waals surface area contributed by atoms with Crippen molar-refractivity contribution in [3.05, 3.63) is 99.5 Å². The molecule has 0 N–H and O–H groups in total. The molecule has 0 bridgehead atoms. The van der Waals surface area contributed by atoms with Gasteiger partial charge in [-0.3, -0.25) is 19.3 Å². The second-order valence-electron chi connectivity index (χ2n) is 8.20.